The molecule has 134 valence electrons. The minimum absolute atomic E-state index is 0.0222. The SMILES string of the molecule is CN=C(NCc1cccc2cccnc12)NCC(CO)c1ccccc1. The topological polar surface area (TPSA) is 69.5 Å². The lowest BCUT2D eigenvalue weighted by Gasteiger charge is -2.18. The highest BCUT2D eigenvalue weighted by atomic mass is 16.3. The van der Waals surface area contributed by atoms with Crippen LogP contribution in [-0.2, 0) is 6.54 Å². The summed E-state index contributed by atoms with van der Waals surface area (Å²) in [5.74, 6) is 0.723. The zero-order chi connectivity index (χ0) is 18.2. The molecule has 5 nitrogen and oxygen atoms in total. The number of hydrogen-bond acceptors (Lipinski definition) is 3. The third-order valence-electron chi connectivity index (χ3n) is 4.39. The van der Waals surface area contributed by atoms with Crippen molar-refractivity contribution in [3.8, 4) is 0 Å². The Hall–Kier alpha value is -2.92. The van der Waals surface area contributed by atoms with Crippen LogP contribution < -0.4 is 10.6 Å². The molecule has 3 aromatic rings. The van der Waals surface area contributed by atoms with Crippen LogP contribution in [0.3, 0.4) is 0 Å². The van der Waals surface area contributed by atoms with Gasteiger partial charge in [0, 0.05) is 37.6 Å². The molecule has 3 rings (SSSR count). The summed E-state index contributed by atoms with van der Waals surface area (Å²) in [7, 11) is 1.74. The lowest BCUT2D eigenvalue weighted by Crippen LogP contribution is -2.39. The number of rotatable bonds is 6. The number of aliphatic imine (C=N–C) groups is 1. The molecule has 0 fully saturated rings. The van der Waals surface area contributed by atoms with Crippen LogP contribution in [-0.4, -0.2) is 36.2 Å². The molecule has 0 aliphatic carbocycles. The van der Waals surface area contributed by atoms with E-state index >= 15 is 0 Å². The van der Waals surface area contributed by atoms with Crippen LogP contribution in [0.1, 0.15) is 17.0 Å². The molecule has 26 heavy (non-hydrogen) atoms. The molecule has 2 aromatic carbocycles. The van der Waals surface area contributed by atoms with Crippen LogP contribution in [0.2, 0.25) is 0 Å². The zero-order valence-corrected chi connectivity index (χ0v) is 14.9. The van der Waals surface area contributed by atoms with Crippen LogP contribution in [0.5, 0.6) is 0 Å². The molecule has 1 unspecified atom stereocenters. The quantitative estimate of drug-likeness (QED) is 0.473. The highest BCUT2D eigenvalue weighted by molar-refractivity contribution is 5.83. The number of aliphatic hydroxyl groups is 1. The van der Waals surface area contributed by atoms with E-state index < -0.39 is 0 Å². The maximum absolute atomic E-state index is 9.68. The largest absolute Gasteiger partial charge is 0.396 e. The van der Waals surface area contributed by atoms with Gasteiger partial charge in [-0.2, -0.15) is 0 Å². The number of aliphatic hydroxyl groups excluding tert-OH is 1. The van der Waals surface area contributed by atoms with E-state index in [-0.39, 0.29) is 12.5 Å². The molecule has 0 amide bonds. The van der Waals surface area contributed by atoms with Gasteiger partial charge in [-0.05, 0) is 17.2 Å². The van der Waals surface area contributed by atoms with Crippen molar-refractivity contribution in [2.75, 3.05) is 20.2 Å². The Labute approximate surface area is 153 Å². The molecule has 1 aromatic heterocycles. The van der Waals surface area contributed by atoms with Gasteiger partial charge in [-0.1, -0.05) is 54.6 Å². The Morgan fingerprint density at radius 1 is 1.04 bits per heavy atom. The predicted octanol–water partition coefficient (Wildman–Crippen LogP) is 2.68. The van der Waals surface area contributed by atoms with E-state index in [1.165, 1.54) is 0 Å². The number of nitrogens with zero attached hydrogens (tertiary/aromatic N) is 2. The Morgan fingerprint density at radius 2 is 1.85 bits per heavy atom. The fraction of sp³-hybridized carbons (Fsp3) is 0.238. The number of para-hydroxylation sites is 1. The summed E-state index contributed by atoms with van der Waals surface area (Å²) in [4.78, 5) is 8.75. The van der Waals surface area contributed by atoms with Crippen molar-refractivity contribution in [3.05, 3.63) is 78.0 Å². The minimum Gasteiger partial charge on any atom is -0.396 e. The molecule has 0 bridgehead atoms. The molecule has 0 saturated heterocycles. The number of aromatic nitrogens is 1. The van der Waals surface area contributed by atoms with Gasteiger partial charge in [-0.3, -0.25) is 9.98 Å². The molecule has 0 saturated carbocycles. The molecule has 3 N–H and O–H groups in total. The molecule has 0 aliphatic heterocycles. The summed E-state index contributed by atoms with van der Waals surface area (Å²) in [6, 6.07) is 20.2. The predicted molar refractivity (Wildman–Crippen MR) is 106 cm³/mol. The number of nitrogens with one attached hydrogen (secondary N) is 2. The first kappa shape index (κ1) is 17.9. The van der Waals surface area contributed by atoms with Crippen molar-refractivity contribution in [2.24, 2.45) is 4.99 Å². The summed E-state index contributed by atoms with van der Waals surface area (Å²) in [5.41, 5.74) is 3.22. The van der Waals surface area contributed by atoms with E-state index in [0.29, 0.717) is 19.0 Å². The first-order chi connectivity index (χ1) is 12.8. The van der Waals surface area contributed by atoms with E-state index in [4.69, 9.17) is 0 Å². The Balaban J connectivity index is 1.61. The van der Waals surface area contributed by atoms with Gasteiger partial charge in [0.15, 0.2) is 5.96 Å². The van der Waals surface area contributed by atoms with Crippen molar-refractivity contribution < 1.29 is 5.11 Å². The molecule has 1 heterocycles. The number of fused-ring (bicyclic) bond motifs is 1. The van der Waals surface area contributed by atoms with Crippen molar-refractivity contribution in [2.45, 2.75) is 12.5 Å². The number of guanidine groups is 1. The third kappa shape index (κ3) is 4.37. The fourth-order valence-corrected chi connectivity index (χ4v) is 2.94. The highest BCUT2D eigenvalue weighted by Gasteiger charge is 2.11. The maximum Gasteiger partial charge on any atom is 0.191 e. The van der Waals surface area contributed by atoms with E-state index in [0.717, 1.165) is 22.0 Å². The van der Waals surface area contributed by atoms with Crippen LogP contribution in [0.25, 0.3) is 10.9 Å². The smallest absolute Gasteiger partial charge is 0.191 e. The highest BCUT2D eigenvalue weighted by Crippen LogP contribution is 2.16. The van der Waals surface area contributed by atoms with Gasteiger partial charge in [-0.25, -0.2) is 0 Å². The third-order valence-corrected chi connectivity index (χ3v) is 4.39. The lowest BCUT2D eigenvalue weighted by atomic mass is 10.0. The standard InChI is InChI=1S/C21H24N4O/c1-22-21(25-14-19(15-26)16-7-3-2-4-8-16)24-13-18-10-5-9-17-11-6-12-23-20(17)18/h2-12,19,26H,13-15H2,1H3,(H2,22,24,25). The Bertz CT molecular complexity index is 859. The van der Waals surface area contributed by atoms with Crippen LogP contribution >= 0.6 is 0 Å². The lowest BCUT2D eigenvalue weighted by molar-refractivity contribution is 0.265. The van der Waals surface area contributed by atoms with Gasteiger partial charge < -0.3 is 15.7 Å². The Kier molecular flexibility index (Phi) is 6.17. The summed E-state index contributed by atoms with van der Waals surface area (Å²) in [6.07, 6.45) is 1.81. The molecular weight excluding hydrogens is 324 g/mol. The van der Waals surface area contributed by atoms with Gasteiger partial charge in [0.1, 0.15) is 0 Å². The van der Waals surface area contributed by atoms with E-state index in [1.54, 1.807) is 7.05 Å². The van der Waals surface area contributed by atoms with Gasteiger partial charge in [0.05, 0.1) is 12.1 Å². The summed E-state index contributed by atoms with van der Waals surface area (Å²) >= 11 is 0. The average molecular weight is 348 g/mol. The van der Waals surface area contributed by atoms with E-state index in [2.05, 4.69) is 38.8 Å². The molecule has 1 atom stereocenters. The first-order valence-corrected chi connectivity index (χ1v) is 8.74. The molecule has 0 spiro atoms. The molecular formula is C21H24N4O. The van der Waals surface area contributed by atoms with Gasteiger partial charge in [-0.15, -0.1) is 0 Å². The van der Waals surface area contributed by atoms with E-state index in [1.807, 2.05) is 48.7 Å². The fourth-order valence-electron chi connectivity index (χ4n) is 2.94. The summed E-state index contributed by atoms with van der Waals surface area (Å²) in [5, 5.41) is 17.4. The molecule has 0 aliphatic rings. The molecule has 0 radical (unpaired) electrons. The Morgan fingerprint density at radius 3 is 2.62 bits per heavy atom. The van der Waals surface area contributed by atoms with Crippen LogP contribution in [0, 0.1) is 0 Å². The monoisotopic (exact) mass is 348 g/mol. The number of hydrogen-bond donors (Lipinski definition) is 3. The second kappa shape index (κ2) is 8.97. The van der Waals surface area contributed by atoms with Crippen LogP contribution in [0.15, 0.2) is 71.9 Å². The van der Waals surface area contributed by atoms with E-state index in [9.17, 15) is 5.11 Å². The zero-order valence-electron chi connectivity index (χ0n) is 14.9. The van der Waals surface area contributed by atoms with Gasteiger partial charge >= 0.3 is 0 Å². The number of benzene rings is 2. The average Bonchev–Trinajstić information content (AvgIpc) is 2.71. The second-order valence-electron chi connectivity index (χ2n) is 6.09. The van der Waals surface area contributed by atoms with Crippen molar-refractivity contribution in [3.63, 3.8) is 0 Å². The first-order valence-electron chi connectivity index (χ1n) is 8.74. The van der Waals surface area contributed by atoms with Crippen molar-refractivity contribution in [1.82, 2.24) is 15.6 Å². The summed E-state index contributed by atoms with van der Waals surface area (Å²) < 4.78 is 0. The molecule has 5 heteroatoms. The van der Waals surface area contributed by atoms with Gasteiger partial charge in [0.2, 0.25) is 0 Å². The normalized spacial score (nSPS) is 12.8. The maximum atomic E-state index is 9.68. The summed E-state index contributed by atoms with van der Waals surface area (Å²) in [6.45, 7) is 1.32. The van der Waals surface area contributed by atoms with Crippen molar-refractivity contribution >= 4 is 16.9 Å². The van der Waals surface area contributed by atoms with Crippen LogP contribution in [0.4, 0.5) is 0 Å². The van der Waals surface area contributed by atoms with Crippen molar-refractivity contribution in [1.29, 1.82) is 0 Å². The minimum atomic E-state index is 0.0222. The van der Waals surface area contributed by atoms with Gasteiger partial charge in [0.25, 0.3) is 0 Å². The number of pyridine rings is 1. The second-order valence-corrected chi connectivity index (χ2v) is 6.09.